The minimum atomic E-state index is -4.50. The van der Waals surface area contributed by atoms with Crippen molar-refractivity contribution in [2.24, 2.45) is 0 Å². The largest absolute Gasteiger partial charge is 0.507 e. The number of rotatable bonds is 7. The van der Waals surface area contributed by atoms with Crippen LogP contribution in [0, 0.1) is 0 Å². The van der Waals surface area contributed by atoms with Gasteiger partial charge in [0.1, 0.15) is 18.0 Å². The number of nitrogens with zero attached hydrogens (tertiary/aromatic N) is 6. The Labute approximate surface area is 275 Å². The summed E-state index contributed by atoms with van der Waals surface area (Å²) >= 11 is 0. The Bertz CT molecular complexity index is 1850. The third kappa shape index (κ3) is 6.74. The van der Waals surface area contributed by atoms with E-state index in [1.165, 1.54) is 22.7 Å². The molecule has 4 aromatic rings. The first-order valence-corrected chi connectivity index (χ1v) is 16.4. The molecular formula is C34H38F3N7O4. The van der Waals surface area contributed by atoms with Crippen molar-refractivity contribution in [3.8, 4) is 5.75 Å². The number of fused-ring (bicyclic) bond motifs is 1. The number of aromatic nitrogens is 4. The van der Waals surface area contributed by atoms with Gasteiger partial charge < -0.3 is 24.8 Å². The van der Waals surface area contributed by atoms with Crippen LogP contribution in [0.3, 0.4) is 0 Å². The maximum atomic E-state index is 14.2. The molecule has 3 heterocycles. The number of piperazine rings is 1. The molecule has 1 aliphatic carbocycles. The van der Waals surface area contributed by atoms with Crippen LogP contribution in [-0.4, -0.2) is 67.2 Å². The van der Waals surface area contributed by atoms with E-state index >= 15 is 0 Å². The molecule has 2 aromatic carbocycles. The van der Waals surface area contributed by atoms with Crippen molar-refractivity contribution in [3.05, 3.63) is 81.5 Å². The standard InChI is InChI=1S/C34H38F3N7O4/c1-2-26-29(41-17-19-42(20-18-41)31(47)25-11-7-8-12-27(25)45)32(48)44-33(39-30(40-44)22-9-5-3-4-6-10-22)43(26)21-28(46)38-24-15-13-23(14-16-24)34(35,36)37/h7-8,11-16,22,45H,2-6,9-10,17-21H2,1H3,(H,38,46). The van der Waals surface area contributed by atoms with Gasteiger partial charge in [-0.25, -0.2) is 0 Å². The highest BCUT2D eigenvalue weighted by Gasteiger charge is 2.32. The Hall–Kier alpha value is -4.88. The van der Waals surface area contributed by atoms with E-state index in [1.54, 1.807) is 27.7 Å². The molecule has 0 unspecified atom stereocenters. The van der Waals surface area contributed by atoms with Crippen LogP contribution in [0.5, 0.6) is 5.75 Å². The van der Waals surface area contributed by atoms with Crippen molar-refractivity contribution in [1.29, 1.82) is 0 Å². The summed E-state index contributed by atoms with van der Waals surface area (Å²) in [7, 11) is 0. The zero-order chi connectivity index (χ0) is 34.0. The number of aromatic hydroxyl groups is 1. The molecular weight excluding hydrogens is 627 g/mol. The smallest absolute Gasteiger partial charge is 0.416 e. The van der Waals surface area contributed by atoms with E-state index < -0.39 is 17.6 Å². The number of hydrogen-bond donors (Lipinski definition) is 2. The Morgan fingerprint density at radius 3 is 2.25 bits per heavy atom. The number of phenolic OH excluding ortho intramolecular Hbond substituents is 1. The first kappa shape index (κ1) is 33.0. The average Bonchev–Trinajstić information content (AvgIpc) is 3.34. The van der Waals surface area contributed by atoms with Crippen LogP contribution >= 0.6 is 0 Å². The van der Waals surface area contributed by atoms with Gasteiger partial charge in [0.15, 0.2) is 5.82 Å². The van der Waals surface area contributed by atoms with Crippen LogP contribution < -0.4 is 15.8 Å². The molecule has 2 N–H and O–H groups in total. The summed E-state index contributed by atoms with van der Waals surface area (Å²) in [6.45, 7) is 2.87. The van der Waals surface area contributed by atoms with Gasteiger partial charge in [-0.05, 0) is 55.7 Å². The van der Waals surface area contributed by atoms with E-state index in [4.69, 9.17) is 10.1 Å². The fraction of sp³-hybridized carbons (Fsp3) is 0.441. The van der Waals surface area contributed by atoms with E-state index in [9.17, 15) is 32.7 Å². The van der Waals surface area contributed by atoms with Gasteiger partial charge in [0.2, 0.25) is 11.7 Å². The highest BCUT2D eigenvalue weighted by molar-refractivity contribution is 5.97. The predicted octanol–water partition coefficient (Wildman–Crippen LogP) is 5.22. The molecule has 2 aliphatic rings. The summed E-state index contributed by atoms with van der Waals surface area (Å²) in [6.07, 6.45) is 2.01. The van der Waals surface area contributed by atoms with Gasteiger partial charge in [-0.1, -0.05) is 44.7 Å². The third-order valence-electron chi connectivity index (χ3n) is 9.21. The van der Waals surface area contributed by atoms with Gasteiger partial charge in [-0.15, -0.1) is 5.10 Å². The van der Waals surface area contributed by atoms with Gasteiger partial charge in [0.25, 0.3) is 11.5 Å². The molecule has 0 atom stereocenters. The molecule has 48 heavy (non-hydrogen) atoms. The summed E-state index contributed by atoms with van der Waals surface area (Å²) in [5.74, 6) is -0.0342. The number of carbonyl (C=O) groups is 2. The first-order chi connectivity index (χ1) is 23.0. The van der Waals surface area contributed by atoms with Crippen molar-refractivity contribution in [1.82, 2.24) is 24.1 Å². The highest BCUT2D eigenvalue weighted by Crippen LogP contribution is 2.32. The van der Waals surface area contributed by atoms with Crippen molar-refractivity contribution < 1.29 is 27.9 Å². The second-order valence-corrected chi connectivity index (χ2v) is 12.3. The number of alkyl halides is 3. The maximum absolute atomic E-state index is 14.2. The van der Waals surface area contributed by atoms with Crippen LogP contribution in [0.2, 0.25) is 0 Å². The number of carbonyl (C=O) groups excluding carboxylic acids is 2. The van der Waals surface area contributed by atoms with Crippen LogP contribution in [0.4, 0.5) is 24.5 Å². The Morgan fingerprint density at radius 1 is 0.958 bits per heavy atom. The lowest BCUT2D eigenvalue weighted by atomic mass is 10.00. The molecule has 1 aliphatic heterocycles. The number of anilines is 2. The molecule has 1 saturated carbocycles. The minimum Gasteiger partial charge on any atom is -0.507 e. The topological polar surface area (TPSA) is 125 Å². The Morgan fingerprint density at radius 2 is 1.62 bits per heavy atom. The van der Waals surface area contributed by atoms with Crippen LogP contribution in [0.15, 0.2) is 53.3 Å². The summed E-state index contributed by atoms with van der Waals surface area (Å²) < 4.78 is 42.2. The average molecular weight is 666 g/mol. The molecule has 0 bridgehead atoms. The summed E-state index contributed by atoms with van der Waals surface area (Å²) in [5, 5.41) is 17.6. The molecule has 1 saturated heterocycles. The molecule has 2 amide bonds. The lowest BCUT2D eigenvalue weighted by Crippen LogP contribution is -2.51. The molecule has 11 nitrogen and oxygen atoms in total. The minimum absolute atomic E-state index is 0.0821. The van der Waals surface area contributed by atoms with Gasteiger partial charge in [-0.3, -0.25) is 14.4 Å². The van der Waals surface area contributed by atoms with Crippen molar-refractivity contribution >= 4 is 29.0 Å². The first-order valence-electron chi connectivity index (χ1n) is 16.4. The predicted molar refractivity (Wildman–Crippen MR) is 173 cm³/mol. The number of halogens is 3. The van der Waals surface area contributed by atoms with Crippen molar-refractivity contribution in [3.63, 3.8) is 0 Å². The monoisotopic (exact) mass is 665 g/mol. The van der Waals surface area contributed by atoms with Gasteiger partial charge in [0.05, 0.1) is 16.8 Å². The van der Waals surface area contributed by atoms with E-state index in [2.05, 4.69) is 5.32 Å². The fourth-order valence-electron chi connectivity index (χ4n) is 6.70. The normalized spacial score (nSPS) is 16.2. The Kier molecular flexibility index (Phi) is 9.42. The third-order valence-corrected chi connectivity index (χ3v) is 9.21. The van der Waals surface area contributed by atoms with Crippen molar-refractivity contribution in [2.75, 3.05) is 36.4 Å². The molecule has 0 spiro atoms. The second kappa shape index (κ2) is 13.7. The van der Waals surface area contributed by atoms with Crippen LogP contribution in [-0.2, 0) is 23.9 Å². The van der Waals surface area contributed by atoms with Gasteiger partial charge >= 0.3 is 6.18 Å². The number of benzene rings is 2. The molecule has 6 rings (SSSR count). The SMILES string of the molecule is CCc1c(N2CCN(C(=O)c3ccccc3O)CC2)c(=O)n2nc(C3CCCCCC3)nc2n1CC(=O)Nc1ccc(C(F)(F)F)cc1. The van der Waals surface area contributed by atoms with Crippen molar-refractivity contribution in [2.45, 2.75) is 70.5 Å². The van der Waals surface area contributed by atoms with Crippen LogP contribution in [0.25, 0.3) is 5.78 Å². The zero-order valence-corrected chi connectivity index (χ0v) is 26.7. The lowest BCUT2D eigenvalue weighted by Gasteiger charge is -2.37. The number of amides is 2. The van der Waals surface area contributed by atoms with E-state index in [0.29, 0.717) is 49.8 Å². The molecule has 0 radical (unpaired) electrons. The second-order valence-electron chi connectivity index (χ2n) is 12.3. The molecule has 2 fully saturated rings. The van der Waals surface area contributed by atoms with E-state index in [-0.39, 0.29) is 46.7 Å². The summed E-state index contributed by atoms with van der Waals surface area (Å²) in [6, 6.07) is 10.6. The van der Waals surface area contributed by atoms with Gasteiger partial charge in [-0.2, -0.15) is 22.7 Å². The number of nitrogens with one attached hydrogen (secondary N) is 1. The quantitative estimate of drug-likeness (QED) is 0.260. The van der Waals surface area contributed by atoms with E-state index in [0.717, 1.165) is 50.7 Å². The summed E-state index contributed by atoms with van der Waals surface area (Å²) in [4.78, 5) is 49.1. The Balaban J connectivity index is 1.33. The maximum Gasteiger partial charge on any atom is 0.416 e. The number of phenols is 1. The fourth-order valence-corrected chi connectivity index (χ4v) is 6.70. The molecule has 14 heteroatoms. The van der Waals surface area contributed by atoms with E-state index in [1.807, 2.05) is 11.8 Å². The summed E-state index contributed by atoms with van der Waals surface area (Å²) in [5.41, 5.74) is 0.145. The molecule has 2 aromatic heterocycles. The van der Waals surface area contributed by atoms with Crippen LogP contribution in [0.1, 0.15) is 78.8 Å². The van der Waals surface area contributed by atoms with Gasteiger partial charge in [0, 0.05) is 37.8 Å². The highest BCUT2D eigenvalue weighted by atomic mass is 19.4. The number of para-hydroxylation sites is 1. The lowest BCUT2D eigenvalue weighted by molar-refractivity contribution is -0.137. The molecule has 254 valence electrons. The zero-order valence-electron chi connectivity index (χ0n) is 26.7. The number of hydrogen-bond acceptors (Lipinski definition) is 7.